The van der Waals surface area contributed by atoms with Gasteiger partial charge < -0.3 is 0 Å². The molecule has 33 heavy (non-hydrogen) atoms. The summed E-state index contributed by atoms with van der Waals surface area (Å²) >= 11 is 3.55. The molecular weight excluding hydrogens is 496 g/mol. The Bertz CT molecular complexity index is 1510. The predicted molar refractivity (Wildman–Crippen MR) is 123 cm³/mol. The number of ketones is 1. The monoisotopic (exact) mass is 506 g/mol. The summed E-state index contributed by atoms with van der Waals surface area (Å²) in [6.07, 6.45) is 0. The molecule has 0 radical (unpaired) electrons. The molecule has 2 aliphatic rings. The van der Waals surface area contributed by atoms with E-state index < -0.39 is 29.1 Å². The van der Waals surface area contributed by atoms with Crippen LogP contribution >= 0.6 is 15.9 Å². The Morgan fingerprint density at radius 1 is 0.576 bits per heavy atom. The van der Waals surface area contributed by atoms with E-state index in [1.54, 1.807) is 0 Å². The molecule has 0 spiro atoms. The van der Waals surface area contributed by atoms with Gasteiger partial charge in [0.05, 0.1) is 0 Å². The van der Waals surface area contributed by atoms with Crippen LogP contribution in [0.3, 0.4) is 0 Å². The average molecular weight is 507 g/mol. The van der Waals surface area contributed by atoms with Crippen LogP contribution in [0, 0.1) is 23.3 Å². The lowest BCUT2D eigenvalue weighted by molar-refractivity contribution is -0.108. The number of rotatable bonds is 2. The molecule has 0 unspecified atom stereocenters. The van der Waals surface area contributed by atoms with Crippen LogP contribution in [0.15, 0.2) is 71.2 Å². The van der Waals surface area contributed by atoms with Gasteiger partial charge in [-0.3, -0.25) is 4.79 Å². The lowest BCUT2D eigenvalue weighted by Crippen LogP contribution is -2.04. The highest BCUT2D eigenvalue weighted by Gasteiger charge is 2.40. The van der Waals surface area contributed by atoms with Gasteiger partial charge in [-0.25, -0.2) is 17.6 Å². The van der Waals surface area contributed by atoms with Gasteiger partial charge in [0.25, 0.3) is 0 Å². The Balaban J connectivity index is 1.76. The van der Waals surface area contributed by atoms with Crippen molar-refractivity contribution in [3.63, 3.8) is 0 Å². The van der Waals surface area contributed by atoms with Crippen LogP contribution in [0.5, 0.6) is 0 Å². The lowest BCUT2D eigenvalue weighted by atomic mass is 9.93. The number of carbonyl (C=O) groups is 1. The second-order valence-corrected chi connectivity index (χ2v) is 8.82. The van der Waals surface area contributed by atoms with Crippen molar-refractivity contribution in [1.29, 1.82) is 0 Å². The van der Waals surface area contributed by atoms with Gasteiger partial charge in [0.1, 0.15) is 23.3 Å². The first kappa shape index (κ1) is 20.1. The smallest absolute Gasteiger partial charge is 0.195 e. The molecule has 0 heterocycles. The van der Waals surface area contributed by atoms with Crippen LogP contribution in [0.25, 0.3) is 33.1 Å². The van der Waals surface area contributed by atoms with Crippen molar-refractivity contribution in [2.24, 2.45) is 0 Å². The Morgan fingerprint density at radius 3 is 1.58 bits per heavy atom. The van der Waals surface area contributed by atoms with E-state index in [0.29, 0.717) is 11.1 Å². The summed E-state index contributed by atoms with van der Waals surface area (Å²) in [4.78, 5) is 13.7. The van der Waals surface area contributed by atoms with E-state index >= 15 is 0 Å². The van der Waals surface area contributed by atoms with Gasteiger partial charge in [0.15, 0.2) is 5.78 Å². The maximum atomic E-state index is 14.1. The lowest BCUT2D eigenvalue weighted by Gasteiger charge is -2.10. The van der Waals surface area contributed by atoms with Crippen LogP contribution in [0.1, 0.15) is 22.3 Å². The number of benzene rings is 4. The zero-order chi connectivity index (χ0) is 23.0. The van der Waals surface area contributed by atoms with Crippen molar-refractivity contribution in [3.05, 3.63) is 117 Å². The molecule has 2 aliphatic carbocycles. The SMILES string of the molecule is O=C1C(c2cc(F)cc(F)c2)=C2C(=C1c1cc(F)cc(F)c1)c1ccc(Br)c3cccc2c13. The quantitative estimate of drug-likeness (QED) is 0.256. The van der Waals surface area contributed by atoms with E-state index in [2.05, 4.69) is 15.9 Å². The molecule has 0 bridgehead atoms. The van der Waals surface area contributed by atoms with Gasteiger partial charge in [-0.1, -0.05) is 40.2 Å². The number of fused-ring (bicyclic) bond motifs is 3. The summed E-state index contributed by atoms with van der Waals surface area (Å²) < 4.78 is 57.4. The molecule has 0 aliphatic heterocycles. The van der Waals surface area contributed by atoms with Crippen molar-refractivity contribution in [1.82, 2.24) is 0 Å². The molecular formula is C27H11BrF4O. The van der Waals surface area contributed by atoms with Gasteiger partial charge in [-0.05, 0) is 63.4 Å². The average Bonchev–Trinajstić information content (AvgIpc) is 3.21. The molecule has 1 nitrogen and oxygen atoms in total. The number of carbonyl (C=O) groups excluding carboxylic acids is 1. The predicted octanol–water partition coefficient (Wildman–Crippen LogP) is 7.58. The van der Waals surface area contributed by atoms with E-state index in [-0.39, 0.29) is 22.3 Å². The van der Waals surface area contributed by atoms with Gasteiger partial charge >= 0.3 is 0 Å². The van der Waals surface area contributed by atoms with Crippen molar-refractivity contribution in [3.8, 4) is 0 Å². The fourth-order valence-electron chi connectivity index (χ4n) is 4.88. The zero-order valence-corrected chi connectivity index (χ0v) is 18.2. The first-order chi connectivity index (χ1) is 15.8. The molecule has 0 fully saturated rings. The molecule has 0 aromatic heterocycles. The maximum absolute atomic E-state index is 14.1. The normalized spacial score (nSPS) is 14.6. The Hall–Kier alpha value is -3.51. The summed E-state index contributed by atoms with van der Waals surface area (Å²) in [6, 6.07) is 15.1. The highest BCUT2D eigenvalue weighted by atomic mass is 79.9. The Morgan fingerprint density at radius 2 is 1.06 bits per heavy atom. The second-order valence-electron chi connectivity index (χ2n) is 7.97. The van der Waals surface area contributed by atoms with Crippen LogP contribution < -0.4 is 0 Å². The van der Waals surface area contributed by atoms with E-state index in [1.165, 1.54) is 0 Å². The largest absolute Gasteiger partial charge is 0.289 e. The summed E-state index contributed by atoms with van der Waals surface area (Å²) in [5, 5.41) is 1.74. The number of Topliss-reactive ketones (excluding diaryl/α,β-unsaturated/α-hetero) is 1. The number of hydrogen-bond donors (Lipinski definition) is 0. The van der Waals surface area contributed by atoms with Crippen LogP contribution in [0.4, 0.5) is 17.6 Å². The first-order valence-corrected chi connectivity index (χ1v) is 10.8. The fraction of sp³-hybridized carbons (Fsp3) is 0. The van der Waals surface area contributed by atoms with Crippen LogP contribution in [-0.2, 0) is 4.79 Å². The van der Waals surface area contributed by atoms with Crippen molar-refractivity contribution < 1.29 is 22.4 Å². The van der Waals surface area contributed by atoms with Crippen LogP contribution in [-0.4, -0.2) is 5.78 Å². The van der Waals surface area contributed by atoms with E-state index in [1.807, 2.05) is 30.3 Å². The molecule has 6 rings (SSSR count). The van der Waals surface area contributed by atoms with Gasteiger partial charge in [0, 0.05) is 38.9 Å². The zero-order valence-electron chi connectivity index (χ0n) is 16.6. The van der Waals surface area contributed by atoms with Gasteiger partial charge in [-0.2, -0.15) is 0 Å². The molecule has 0 saturated heterocycles. The molecule has 0 atom stereocenters. The standard InChI is InChI=1S/C27H11BrF4O/c28-21-5-4-20-24-18(21)2-1-3-19(24)25-22(12-6-14(29)10-15(30)7-12)27(33)23(26(20)25)13-8-16(31)11-17(32)9-13/h1-11H. The number of halogens is 5. The third kappa shape index (κ3) is 2.87. The molecule has 0 saturated carbocycles. The van der Waals surface area contributed by atoms with Crippen LogP contribution in [0.2, 0.25) is 0 Å². The molecule has 4 aromatic carbocycles. The maximum Gasteiger partial charge on any atom is 0.195 e. The topological polar surface area (TPSA) is 17.1 Å². The van der Waals surface area contributed by atoms with Gasteiger partial charge in [0.2, 0.25) is 0 Å². The highest BCUT2D eigenvalue weighted by molar-refractivity contribution is 9.10. The van der Waals surface area contributed by atoms with E-state index in [9.17, 15) is 22.4 Å². The number of allylic oxidation sites excluding steroid dienone is 4. The summed E-state index contributed by atoms with van der Waals surface area (Å²) in [6.45, 7) is 0. The summed E-state index contributed by atoms with van der Waals surface area (Å²) in [5.74, 6) is -3.84. The molecule has 0 amide bonds. The fourth-order valence-corrected chi connectivity index (χ4v) is 5.34. The first-order valence-electron chi connectivity index (χ1n) is 10.0. The van der Waals surface area contributed by atoms with E-state index in [4.69, 9.17) is 0 Å². The second kappa shape index (κ2) is 6.99. The minimum absolute atomic E-state index is 0.0701. The van der Waals surface area contributed by atoms with Crippen molar-refractivity contribution in [2.75, 3.05) is 0 Å². The summed E-state index contributed by atoms with van der Waals surface area (Å²) in [7, 11) is 0. The van der Waals surface area contributed by atoms with Crippen molar-refractivity contribution in [2.45, 2.75) is 0 Å². The molecule has 4 aromatic rings. The minimum atomic E-state index is -0.825. The third-order valence-corrected chi connectivity index (χ3v) is 6.72. The number of hydrogen-bond acceptors (Lipinski definition) is 1. The Labute approximate surface area is 193 Å². The third-order valence-electron chi connectivity index (χ3n) is 6.03. The Kier molecular flexibility index (Phi) is 4.26. The molecule has 160 valence electrons. The minimum Gasteiger partial charge on any atom is -0.289 e. The molecule has 6 heteroatoms. The molecule has 0 N–H and O–H groups in total. The summed E-state index contributed by atoms with van der Waals surface area (Å²) in [5.41, 5.74) is 2.79. The van der Waals surface area contributed by atoms with E-state index in [0.717, 1.165) is 62.8 Å². The highest BCUT2D eigenvalue weighted by Crippen LogP contribution is 2.57. The van der Waals surface area contributed by atoms with Crippen molar-refractivity contribution >= 4 is 54.8 Å². The van der Waals surface area contributed by atoms with Gasteiger partial charge in [-0.15, -0.1) is 0 Å².